The normalized spacial score (nSPS) is 17.4. The summed E-state index contributed by atoms with van der Waals surface area (Å²) in [7, 11) is 0. The molecule has 110 valence electrons. The maximum atomic E-state index is 13.4. The van der Waals surface area contributed by atoms with E-state index < -0.39 is 0 Å². The lowest BCUT2D eigenvalue weighted by Crippen LogP contribution is -2.44. The van der Waals surface area contributed by atoms with Gasteiger partial charge in [0.15, 0.2) is 0 Å². The van der Waals surface area contributed by atoms with E-state index in [-0.39, 0.29) is 17.8 Å². The van der Waals surface area contributed by atoms with E-state index in [4.69, 9.17) is 0 Å². The van der Waals surface area contributed by atoms with Gasteiger partial charge < -0.3 is 10.3 Å². The van der Waals surface area contributed by atoms with Gasteiger partial charge in [-0.3, -0.25) is 10.1 Å². The fourth-order valence-electron chi connectivity index (χ4n) is 2.36. The van der Waals surface area contributed by atoms with Crippen LogP contribution in [0.15, 0.2) is 22.9 Å². The van der Waals surface area contributed by atoms with Crippen molar-refractivity contribution in [1.29, 1.82) is 0 Å². The van der Waals surface area contributed by atoms with E-state index in [1.807, 2.05) is 0 Å². The van der Waals surface area contributed by atoms with Gasteiger partial charge in [-0.15, -0.1) is 0 Å². The van der Waals surface area contributed by atoms with Crippen molar-refractivity contribution >= 4 is 27.5 Å². The number of H-pyrrole nitrogens is 1. The zero-order valence-electron chi connectivity index (χ0n) is 11.3. The van der Waals surface area contributed by atoms with Gasteiger partial charge in [0, 0.05) is 18.7 Å². The van der Waals surface area contributed by atoms with Gasteiger partial charge >= 0.3 is 0 Å². The largest absolute Gasteiger partial charge is 0.347 e. The van der Waals surface area contributed by atoms with Gasteiger partial charge in [-0.1, -0.05) is 0 Å². The molecule has 0 saturated carbocycles. The summed E-state index contributed by atoms with van der Waals surface area (Å²) < 4.78 is 13.7. The third-order valence-electron chi connectivity index (χ3n) is 3.57. The Balaban J connectivity index is 1.74. The second kappa shape index (κ2) is 5.57. The van der Waals surface area contributed by atoms with Crippen LogP contribution in [0, 0.1) is 12.7 Å². The highest BCUT2D eigenvalue weighted by molar-refractivity contribution is 9.10. The lowest BCUT2D eigenvalue weighted by atomic mass is 10.0. The minimum Gasteiger partial charge on any atom is -0.347 e. The Morgan fingerprint density at radius 2 is 2.33 bits per heavy atom. The molecule has 2 heterocycles. The fourth-order valence-corrected chi connectivity index (χ4v) is 2.70. The molecule has 21 heavy (non-hydrogen) atoms. The molecular formula is C14H14BrFN4O. The molecule has 1 unspecified atom stereocenters. The second-order valence-corrected chi connectivity index (χ2v) is 5.89. The van der Waals surface area contributed by atoms with E-state index >= 15 is 0 Å². The van der Waals surface area contributed by atoms with E-state index in [1.165, 1.54) is 6.07 Å². The molecule has 7 heteroatoms. The van der Waals surface area contributed by atoms with Gasteiger partial charge in [-0.25, -0.2) is 9.37 Å². The van der Waals surface area contributed by atoms with Gasteiger partial charge in [-0.2, -0.15) is 0 Å². The molecule has 0 bridgehead atoms. The SMILES string of the molecule is Cc1cc(F)c(Br)cc1NC(=O)C1Cc2nc[nH]c2CN1. The van der Waals surface area contributed by atoms with Crippen molar-refractivity contribution in [1.82, 2.24) is 15.3 Å². The number of hydrogen-bond donors (Lipinski definition) is 3. The second-order valence-electron chi connectivity index (χ2n) is 5.04. The number of nitrogens with zero attached hydrogens (tertiary/aromatic N) is 1. The summed E-state index contributed by atoms with van der Waals surface area (Å²) in [4.78, 5) is 19.6. The van der Waals surface area contributed by atoms with Crippen molar-refractivity contribution in [2.75, 3.05) is 5.32 Å². The first-order chi connectivity index (χ1) is 10.0. The van der Waals surface area contributed by atoms with Crippen LogP contribution in [0.3, 0.4) is 0 Å². The number of amides is 1. The number of halogens is 2. The summed E-state index contributed by atoms with van der Waals surface area (Å²) in [5.41, 5.74) is 3.20. The monoisotopic (exact) mass is 352 g/mol. The minimum absolute atomic E-state index is 0.148. The molecule has 2 aromatic rings. The lowest BCUT2D eigenvalue weighted by molar-refractivity contribution is -0.118. The number of benzene rings is 1. The molecule has 1 aromatic carbocycles. The highest BCUT2D eigenvalue weighted by Gasteiger charge is 2.26. The van der Waals surface area contributed by atoms with Crippen molar-refractivity contribution < 1.29 is 9.18 Å². The van der Waals surface area contributed by atoms with Crippen LogP contribution in [-0.4, -0.2) is 21.9 Å². The van der Waals surface area contributed by atoms with Crippen molar-refractivity contribution in [3.63, 3.8) is 0 Å². The Kier molecular flexibility index (Phi) is 3.77. The predicted molar refractivity (Wildman–Crippen MR) is 80.4 cm³/mol. The zero-order valence-corrected chi connectivity index (χ0v) is 12.9. The number of carbonyl (C=O) groups is 1. The number of aryl methyl sites for hydroxylation is 1. The number of anilines is 1. The van der Waals surface area contributed by atoms with Crippen LogP contribution in [0.4, 0.5) is 10.1 Å². The number of carbonyl (C=O) groups excluding carboxylic acids is 1. The van der Waals surface area contributed by atoms with Gasteiger partial charge in [0.1, 0.15) is 5.82 Å². The van der Waals surface area contributed by atoms with Crippen LogP contribution in [0.2, 0.25) is 0 Å². The van der Waals surface area contributed by atoms with Crippen LogP contribution < -0.4 is 10.6 Å². The number of hydrogen-bond acceptors (Lipinski definition) is 3. The van der Waals surface area contributed by atoms with Crippen LogP contribution in [0.25, 0.3) is 0 Å². The number of fused-ring (bicyclic) bond motifs is 1. The Hall–Kier alpha value is -1.73. The van der Waals surface area contributed by atoms with Crippen molar-refractivity contribution in [3.8, 4) is 0 Å². The van der Waals surface area contributed by atoms with E-state index in [0.717, 1.165) is 11.4 Å². The lowest BCUT2D eigenvalue weighted by Gasteiger charge is -2.22. The van der Waals surface area contributed by atoms with Crippen LogP contribution in [-0.2, 0) is 17.8 Å². The molecule has 0 spiro atoms. The molecule has 0 fully saturated rings. The van der Waals surface area contributed by atoms with Crippen LogP contribution in [0.5, 0.6) is 0 Å². The van der Waals surface area contributed by atoms with Crippen molar-refractivity contribution in [3.05, 3.63) is 45.7 Å². The van der Waals surface area contributed by atoms with E-state index in [2.05, 4.69) is 36.5 Å². The number of aromatic nitrogens is 2. The first-order valence-electron chi connectivity index (χ1n) is 6.55. The summed E-state index contributed by atoms with van der Waals surface area (Å²) in [6.07, 6.45) is 2.17. The highest BCUT2D eigenvalue weighted by Crippen LogP contribution is 2.24. The summed E-state index contributed by atoms with van der Waals surface area (Å²) >= 11 is 3.13. The van der Waals surface area contributed by atoms with E-state index in [1.54, 1.807) is 19.3 Å². The molecule has 3 N–H and O–H groups in total. The average Bonchev–Trinajstić information content (AvgIpc) is 2.92. The third kappa shape index (κ3) is 2.84. The summed E-state index contributed by atoms with van der Waals surface area (Å²) in [5, 5.41) is 5.99. The summed E-state index contributed by atoms with van der Waals surface area (Å²) in [6.45, 7) is 2.34. The van der Waals surface area contributed by atoms with Crippen molar-refractivity contribution in [2.45, 2.75) is 25.9 Å². The number of nitrogens with one attached hydrogen (secondary N) is 3. The third-order valence-corrected chi connectivity index (χ3v) is 4.18. The minimum atomic E-state index is -0.345. The fraction of sp³-hybridized carbons (Fsp3) is 0.286. The molecule has 0 saturated heterocycles. The van der Waals surface area contributed by atoms with Crippen molar-refractivity contribution in [2.24, 2.45) is 0 Å². The Morgan fingerprint density at radius 1 is 1.52 bits per heavy atom. The number of rotatable bonds is 2. The topological polar surface area (TPSA) is 69.8 Å². The Morgan fingerprint density at radius 3 is 3.14 bits per heavy atom. The maximum absolute atomic E-state index is 13.4. The van der Waals surface area contributed by atoms with Crippen LogP contribution >= 0.6 is 15.9 Å². The molecular weight excluding hydrogens is 339 g/mol. The van der Waals surface area contributed by atoms with Gasteiger partial charge in [0.05, 0.1) is 28.2 Å². The van der Waals surface area contributed by atoms with Crippen LogP contribution in [0.1, 0.15) is 17.0 Å². The smallest absolute Gasteiger partial charge is 0.241 e. The molecule has 1 aliphatic heterocycles. The standard InChI is InChI=1S/C14H14BrFN4O/c1-7-2-9(16)8(15)3-10(7)20-14(21)12-4-11-13(5-17-12)19-6-18-11/h2-3,6,12,17H,4-5H2,1H3,(H,18,19)(H,20,21). The molecule has 0 aliphatic carbocycles. The van der Waals surface area contributed by atoms with Gasteiger partial charge in [-0.05, 0) is 40.5 Å². The quantitative estimate of drug-likeness (QED) is 0.776. The molecule has 1 aromatic heterocycles. The number of aromatic amines is 1. The number of imidazole rings is 1. The van der Waals surface area contributed by atoms with Gasteiger partial charge in [0.25, 0.3) is 0 Å². The Bertz CT molecular complexity index is 700. The molecule has 1 atom stereocenters. The molecule has 0 radical (unpaired) electrons. The maximum Gasteiger partial charge on any atom is 0.241 e. The first kappa shape index (κ1) is 14.2. The zero-order chi connectivity index (χ0) is 15.0. The average molecular weight is 353 g/mol. The highest BCUT2D eigenvalue weighted by atomic mass is 79.9. The molecule has 1 aliphatic rings. The molecule has 5 nitrogen and oxygen atoms in total. The van der Waals surface area contributed by atoms with E-state index in [0.29, 0.717) is 28.7 Å². The first-order valence-corrected chi connectivity index (χ1v) is 7.35. The summed E-state index contributed by atoms with van der Waals surface area (Å²) in [5.74, 6) is -0.493. The van der Waals surface area contributed by atoms with Gasteiger partial charge in [0.2, 0.25) is 5.91 Å². The predicted octanol–water partition coefficient (Wildman–Crippen LogP) is 2.27. The summed E-state index contributed by atoms with van der Waals surface area (Å²) in [6, 6.07) is 2.62. The molecule has 3 rings (SSSR count). The van der Waals surface area contributed by atoms with E-state index in [9.17, 15) is 9.18 Å². The Labute approximate surface area is 129 Å². The molecule has 1 amide bonds.